The molecule has 0 fully saturated rings. The number of carbonyl (C=O) groups is 2. The Morgan fingerprint density at radius 2 is 1.17 bits per heavy atom. The van der Waals surface area contributed by atoms with Crippen molar-refractivity contribution in [3.8, 4) is 0 Å². The van der Waals surface area contributed by atoms with E-state index in [-0.39, 0.29) is 25.2 Å². The average molecular weight is 330 g/mol. The van der Waals surface area contributed by atoms with Crippen molar-refractivity contribution in [1.29, 1.82) is 0 Å². The molecule has 0 atom stereocenters. The van der Waals surface area contributed by atoms with Crippen LogP contribution in [-0.4, -0.2) is 25.2 Å². The van der Waals surface area contributed by atoms with E-state index in [9.17, 15) is 9.59 Å². The van der Waals surface area contributed by atoms with Crippen LogP contribution < -0.4 is 0 Å². The lowest BCUT2D eigenvalue weighted by Gasteiger charge is -2.08. The van der Waals surface area contributed by atoms with Gasteiger partial charge in [0.25, 0.3) is 0 Å². The third-order valence-corrected chi connectivity index (χ3v) is 4.90. The van der Waals surface area contributed by atoms with E-state index in [0.717, 1.165) is 48.0 Å². The van der Waals surface area contributed by atoms with Crippen LogP contribution >= 0.6 is 0 Å². The van der Waals surface area contributed by atoms with Gasteiger partial charge >= 0.3 is 11.9 Å². The molecular formula is C20H26O4. The van der Waals surface area contributed by atoms with Gasteiger partial charge in [-0.3, -0.25) is 0 Å². The first-order chi connectivity index (χ1) is 11.5. The van der Waals surface area contributed by atoms with Gasteiger partial charge < -0.3 is 9.47 Å². The molecule has 0 amide bonds. The Bertz CT molecular complexity index is 601. The molecule has 0 aromatic heterocycles. The highest BCUT2D eigenvalue weighted by Crippen LogP contribution is 2.32. The molecule has 0 aromatic rings. The Morgan fingerprint density at radius 1 is 0.792 bits per heavy atom. The predicted molar refractivity (Wildman–Crippen MR) is 93.3 cm³/mol. The lowest BCUT2D eigenvalue weighted by molar-refractivity contribution is -0.147. The Balaban J connectivity index is 1.80. The number of ether oxygens (including phenoxy) is 2. The fourth-order valence-electron chi connectivity index (χ4n) is 3.33. The van der Waals surface area contributed by atoms with Crippen molar-refractivity contribution >= 4 is 11.9 Å². The molecule has 0 saturated heterocycles. The Hall–Kier alpha value is -2.10. The molecule has 4 heteroatoms. The monoisotopic (exact) mass is 330 g/mol. The number of hydrogen-bond donors (Lipinski definition) is 0. The molecule has 0 bridgehead atoms. The molecule has 0 N–H and O–H groups in total. The summed E-state index contributed by atoms with van der Waals surface area (Å²) in [6.45, 7) is 8.04. The summed E-state index contributed by atoms with van der Waals surface area (Å²) in [5.74, 6) is -0.597. The van der Waals surface area contributed by atoms with Crippen molar-refractivity contribution in [1.82, 2.24) is 0 Å². The van der Waals surface area contributed by atoms with Gasteiger partial charge in [-0.2, -0.15) is 0 Å². The van der Waals surface area contributed by atoms with Gasteiger partial charge in [-0.15, -0.1) is 0 Å². The quantitative estimate of drug-likeness (QED) is 0.560. The minimum Gasteiger partial charge on any atom is -0.459 e. The van der Waals surface area contributed by atoms with Gasteiger partial charge in [0.05, 0.1) is 0 Å². The molecule has 2 aliphatic rings. The van der Waals surface area contributed by atoms with Crippen LogP contribution in [0.1, 0.15) is 53.4 Å². The normalized spacial score (nSPS) is 21.2. The SMILES string of the molecule is CC=C1CCC(C(=O)OCCOC(=O)C2=C(C)C(=CC)CC2)=C1C. The fraction of sp³-hybridized carbons (Fsp3) is 0.500. The summed E-state index contributed by atoms with van der Waals surface area (Å²) in [4.78, 5) is 24.2. The molecule has 4 nitrogen and oxygen atoms in total. The number of esters is 2. The van der Waals surface area contributed by atoms with E-state index in [0.29, 0.717) is 0 Å². The number of carbonyl (C=O) groups excluding carboxylic acids is 2. The molecule has 0 spiro atoms. The fourth-order valence-corrected chi connectivity index (χ4v) is 3.33. The van der Waals surface area contributed by atoms with Crippen LogP contribution in [0.15, 0.2) is 45.6 Å². The highest BCUT2D eigenvalue weighted by molar-refractivity contribution is 5.92. The number of hydrogen-bond acceptors (Lipinski definition) is 4. The summed E-state index contributed by atoms with van der Waals surface area (Å²) < 4.78 is 10.5. The van der Waals surface area contributed by atoms with E-state index in [1.54, 1.807) is 0 Å². The molecule has 24 heavy (non-hydrogen) atoms. The summed E-state index contributed by atoms with van der Waals surface area (Å²) in [5.41, 5.74) is 5.92. The first kappa shape index (κ1) is 18.2. The topological polar surface area (TPSA) is 52.6 Å². The predicted octanol–water partition coefficient (Wildman–Crippen LogP) is 4.19. The second kappa shape index (κ2) is 8.13. The van der Waals surface area contributed by atoms with Gasteiger partial charge in [0.15, 0.2) is 0 Å². The van der Waals surface area contributed by atoms with Crippen molar-refractivity contribution in [3.63, 3.8) is 0 Å². The summed E-state index contributed by atoms with van der Waals surface area (Å²) in [6.07, 6.45) is 7.30. The van der Waals surface area contributed by atoms with Gasteiger partial charge in [-0.1, -0.05) is 12.2 Å². The molecule has 0 aromatic carbocycles. The van der Waals surface area contributed by atoms with E-state index >= 15 is 0 Å². The smallest absolute Gasteiger partial charge is 0.334 e. The molecule has 130 valence electrons. The molecular weight excluding hydrogens is 304 g/mol. The first-order valence-corrected chi connectivity index (χ1v) is 8.54. The second-order valence-electron chi connectivity index (χ2n) is 6.11. The number of allylic oxidation sites excluding steroid dienone is 6. The lowest BCUT2D eigenvalue weighted by atomic mass is 10.1. The van der Waals surface area contributed by atoms with Crippen molar-refractivity contribution in [2.75, 3.05) is 13.2 Å². The Kier molecular flexibility index (Phi) is 6.18. The van der Waals surface area contributed by atoms with Gasteiger partial charge in [0.1, 0.15) is 13.2 Å². The van der Waals surface area contributed by atoms with E-state index in [1.807, 2.05) is 39.8 Å². The highest BCUT2D eigenvalue weighted by atomic mass is 16.6. The average Bonchev–Trinajstić information content (AvgIpc) is 3.13. The van der Waals surface area contributed by atoms with Crippen LogP contribution in [0.4, 0.5) is 0 Å². The van der Waals surface area contributed by atoms with Crippen LogP contribution in [0.2, 0.25) is 0 Å². The van der Waals surface area contributed by atoms with E-state index < -0.39 is 0 Å². The van der Waals surface area contributed by atoms with Gasteiger partial charge in [-0.25, -0.2) is 9.59 Å². The van der Waals surface area contributed by atoms with Crippen molar-refractivity contribution in [3.05, 3.63) is 45.6 Å². The highest BCUT2D eigenvalue weighted by Gasteiger charge is 2.24. The molecule has 0 radical (unpaired) electrons. The molecule has 0 aliphatic heterocycles. The standard InChI is InChI=1S/C20H26O4/c1-5-15-7-9-17(13(15)3)19(21)23-11-12-24-20(22)18-10-8-16(6-2)14(18)4/h5-6H,7-12H2,1-4H3. The summed E-state index contributed by atoms with van der Waals surface area (Å²) in [7, 11) is 0. The van der Waals surface area contributed by atoms with Crippen LogP contribution in [0.25, 0.3) is 0 Å². The molecule has 0 saturated carbocycles. The third-order valence-electron chi connectivity index (χ3n) is 4.90. The number of rotatable bonds is 5. The molecule has 0 unspecified atom stereocenters. The summed E-state index contributed by atoms with van der Waals surface area (Å²) >= 11 is 0. The van der Waals surface area contributed by atoms with Crippen LogP contribution in [0.3, 0.4) is 0 Å². The Morgan fingerprint density at radius 3 is 1.46 bits per heavy atom. The van der Waals surface area contributed by atoms with E-state index in [2.05, 4.69) is 0 Å². The minimum absolute atomic E-state index is 0.0926. The van der Waals surface area contributed by atoms with Crippen molar-refractivity contribution in [2.45, 2.75) is 53.4 Å². The molecule has 0 heterocycles. The largest absolute Gasteiger partial charge is 0.459 e. The van der Waals surface area contributed by atoms with Crippen molar-refractivity contribution < 1.29 is 19.1 Å². The zero-order valence-corrected chi connectivity index (χ0v) is 15.0. The molecule has 2 aliphatic carbocycles. The van der Waals surface area contributed by atoms with Gasteiger partial charge in [0.2, 0.25) is 0 Å². The van der Waals surface area contributed by atoms with Gasteiger partial charge in [0, 0.05) is 11.1 Å². The zero-order valence-electron chi connectivity index (χ0n) is 15.0. The van der Waals surface area contributed by atoms with Gasteiger partial charge in [-0.05, 0) is 75.7 Å². The van der Waals surface area contributed by atoms with E-state index in [1.165, 1.54) is 11.1 Å². The van der Waals surface area contributed by atoms with Crippen LogP contribution in [0.5, 0.6) is 0 Å². The van der Waals surface area contributed by atoms with E-state index in [4.69, 9.17) is 9.47 Å². The molecule has 2 rings (SSSR count). The maximum Gasteiger partial charge on any atom is 0.334 e. The van der Waals surface area contributed by atoms with Crippen LogP contribution in [-0.2, 0) is 19.1 Å². The second-order valence-corrected chi connectivity index (χ2v) is 6.11. The third kappa shape index (κ3) is 3.86. The maximum atomic E-state index is 12.1. The zero-order chi connectivity index (χ0) is 17.7. The summed E-state index contributed by atoms with van der Waals surface area (Å²) in [6, 6.07) is 0. The van der Waals surface area contributed by atoms with Crippen LogP contribution in [0, 0.1) is 0 Å². The maximum absolute atomic E-state index is 12.1. The lowest BCUT2D eigenvalue weighted by Crippen LogP contribution is -2.16. The summed E-state index contributed by atoms with van der Waals surface area (Å²) in [5, 5.41) is 0. The van der Waals surface area contributed by atoms with Crippen molar-refractivity contribution in [2.24, 2.45) is 0 Å². The minimum atomic E-state index is -0.298. The Labute approximate surface area is 143 Å². The first-order valence-electron chi connectivity index (χ1n) is 8.54.